The molecule has 130 valence electrons. The first kappa shape index (κ1) is 19.5. The summed E-state index contributed by atoms with van der Waals surface area (Å²) in [6.45, 7) is 2.10. The number of carboxylic acid groups (broad SMARTS) is 1. The lowest BCUT2D eigenvalue weighted by Gasteiger charge is -2.43. The van der Waals surface area contributed by atoms with Gasteiger partial charge in [-0.15, -0.1) is 0 Å². The molecule has 10 nitrogen and oxygen atoms in total. The summed E-state index contributed by atoms with van der Waals surface area (Å²) in [6.07, 6.45) is -7.07. The molecule has 1 aliphatic rings. The molecule has 1 aliphatic heterocycles. The SMILES string of the molecule is CP(C)(=O)OCC(O)C(O)C1OC(O)(C(=O)O)CC(O)C1N. The van der Waals surface area contributed by atoms with E-state index in [2.05, 4.69) is 0 Å². The first-order chi connectivity index (χ1) is 9.87. The Hall–Kier alpha value is -0.580. The zero-order valence-electron chi connectivity index (χ0n) is 12.2. The molecule has 0 aliphatic carbocycles. The van der Waals surface area contributed by atoms with Crippen LogP contribution in [0.5, 0.6) is 0 Å². The van der Waals surface area contributed by atoms with Gasteiger partial charge in [0.2, 0.25) is 0 Å². The van der Waals surface area contributed by atoms with Crippen molar-refractivity contribution in [2.45, 2.75) is 42.7 Å². The molecule has 1 saturated heterocycles. The van der Waals surface area contributed by atoms with Gasteiger partial charge in [0.05, 0.1) is 18.8 Å². The fourth-order valence-corrected chi connectivity index (χ4v) is 2.51. The van der Waals surface area contributed by atoms with Crippen LogP contribution in [0, 0.1) is 0 Å². The fraction of sp³-hybridized carbons (Fsp3) is 0.909. The highest BCUT2D eigenvalue weighted by Crippen LogP contribution is 2.37. The van der Waals surface area contributed by atoms with E-state index >= 15 is 0 Å². The monoisotopic (exact) mass is 343 g/mol. The van der Waals surface area contributed by atoms with Gasteiger partial charge in [-0.3, -0.25) is 4.57 Å². The summed E-state index contributed by atoms with van der Waals surface area (Å²) < 4.78 is 21.1. The molecule has 1 fully saturated rings. The Kier molecular flexibility index (Phi) is 6.10. The Morgan fingerprint density at radius 2 is 2.05 bits per heavy atom. The molecule has 11 heteroatoms. The van der Waals surface area contributed by atoms with E-state index in [1.807, 2.05) is 0 Å². The van der Waals surface area contributed by atoms with Gasteiger partial charge in [0.25, 0.3) is 5.79 Å². The third kappa shape index (κ3) is 4.71. The van der Waals surface area contributed by atoms with Crippen LogP contribution in [0.1, 0.15) is 6.42 Å². The normalized spacial score (nSPS) is 35.9. The molecule has 0 saturated carbocycles. The van der Waals surface area contributed by atoms with E-state index in [9.17, 15) is 29.8 Å². The molecule has 6 atom stereocenters. The lowest BCUT2D eigenvalue weighted by molar-refractivity contribution is -0.292. The standard InChI is InChI=1S/C11H22NO9P/c1-22(2,19)20-4-6(14)8(15)9-7(12)5(13)3-11(18,21-9)10(16)17/h5-9,13-15,18H,3-4,12H2,1-2H3,(H,16,17). The lowest BCUT2D eigenvalue weighted by atomic mass is 9.89. The number of hydrogen-bond donors (Lipinski definition) is 6. The minimum Gasteiger partial charge on any atom is -0.477 e. The highest BCUT2D eigenvalue weighted by atomic mass is 31.2. The number of rotatable bonds is 6. The van der Waals surface area contributed by atoms with Gasteiger partial charge in [-0.05, 0) is 0 Å². The van der Waals surface area contributed by atoms with Crippen molar-refractivity contribution in [3.8, 4) is 0 Å². The van der Waals surface area contributed by atoms with E-state index in [-0.39, 0.29) is 0 Å². The van der Waals surface area contributed by atoms with Crippen molar-refractivity contribution in [2.75, 3.05) is 19.9 Å². The second kappa shape index (κ2) is 6.90. The summed E-state index contributed by atoms with van der Waals surface area (Å²) in [4.78, 5) is 11.0. The fourth-order valence-electron chi connectivity index (χ4n) is 2.00. The van der Waals surface area contributed by atoms with E-state index in [1.165, 1.54) is 13.3 Å². The van der Waals surface area contributed by atoms with Crippen molar-refractivity contribution >= 4 is 13.3 Å². The highest BCUT2D eigenvalue weighted by Gasteiger charge is 2.52. The molecular weight excluding hydrogens is 321 g/mol. The van der Waals surface area contributed by atoms with Crippen molar-refractivity contribution in [1.82, 2.24) is 0 Å². The van der Waals surface area contributed by atoms with Gasteiger partial charge >= 0.3 is 5.97 Å². The van der Waals surface area contributed by atoms with Crippen LogP contribution in [0.25, 0.3) is 0 Å². The summed E-state index contributed by atoms with van der Waals surface area (Å²) in [7, 11) is -2.90. The number of aliphatic hydroxyl groups excluding tert-OH is 3. The summed E-state index contributed by atoms with van der Waals surface area (Å²) in [5.41, 5.74) is 5.62. The Morgan fingerprint density at radius 3 is 2.50 bits per heavy atom. The Balaban J connectivity index is 2.82. The molecular formula is C11H22NO9P. The van der Waals surface area contributed by atoms with Crippen LogP contribution in [-0.4, -0.2) is 87.7 Å². The molecule has 1 heterocycles. The van der Waals surface area contributed by atoms with Crippen molar-refractivity contribution < 1.29 is 44.2 Å². The average Bonchev–Trinajstić information content (AvgIpc) is 2.38. The summed E-state index contributed by atoms with van der Waals surface area (Å²) in [5, 5.41) is 48.2. The van der Waals surface area contributed by atoms with Gasteiger partial charge < -0.3 is 40.5 Å². The minimum absolute atomic E-state index is 0.514. The van der Waals surface area contributed by atoms with Gasteiger partial charge in [-0.2, -0.15) is 0 Å². The smallest absolute Gasteiger partial charge is 0.364 e. The van der Waals surface area contributed by atoms with Crippen LogP contribution in [-0.2, 0) is 18.6 Å². The van der Waals surface area contributed by atoms with E-state index in [0.717, 1.165) is 0 Å². The third-order valence-electron chi connectivity index (χ3n) is 3.26. The van der Waals surface area contributed by atoms with Gasteiger partial charge in [0, 0.05) is 19.8 Å². The number of hydrogen-bond acceptors (Lipinski definition) is 9. The van der Waals surface area contributed by atoms with Crippen molar-refractivity contribution in [3.05, 3.63) is 0 Å². The van der Waals surface area contributed by atoms with Crippen LogP contribution < -0.4 is 5.73 Å². The molecule has 0 spiro atoms. The van der Waals surface area contributed by atoms with E-state index in [4.69, 9.17) is 20.1 Å². The molecule has 0 aromatic rings. The lowest BCUT2D eigenvalue weighted by Crippen LogP contribution is -2.65. The van der Waals surface area contributed by atoms with Crippen molar-refractivity contribution in [2.24, 2.45) is 5.73 Å². The maximum absolute atomic E-state index is 11.4. The van der Waals surface area contributed by atoms with Gasteiger partial charge in [-0.1, -0.05) is 0 Å². The predicted molar refractivity (Wildman–Crippen MR) is 73.5 cm³/mol. The van der Waals surface area contributed by atoms with Crippen LogP contribution in [0.2, 0.25) is 0 Å². The average molecular weight is 343 g/mol. The number of nitrogens with two attached hydrogens (primary N) is 1. The molecule has 0 radical (unpaired) electrons. The molecule has 6 unspecified atom stereocenters. The predicted octanol–water partition coefficient (Wildman–Crippen LogP) is -2.49. The number of aliphatic carboxylic acids is 1. The van der Waals surface area contributed by atoms with E-state index in [1.54, 1.807) is 0 Å². The summed E-state index contributed by atoms with van der Waals surface area (Å²) in [5.74, 6) is -4.49. The van der Waals surface area contributed by atoms with Crippen LogP contribution >= 0.6 is 7.37 Å². The third-order valence-corrected chi connectivity index (χ3v) is 4.03. The molecule has 0 amide bonds. The maximum atomic E-state index is 11.4. The van der Waals surface area contributed by atoms with Crippen molar-refractivity contribution in [3.63, 3.8) is 0 Å². The first-order valence-corrected chi connectivity index (χ1v) is 9.02. The number of aliphatic hydroxyl groups is 4. The Labute approximate surface area is 126 Å². The Bertz CT molecular complexity index is 455. The molecule has 0 aromatic heterocycles. The zero-order chi connectivity index (χ0) is 17.3. The van der Waals surface area contributed by atoms with Gasteiger partial charge in [-0.25, -0.2) is 4.79 Å². The van der Waals surface area contributed by atoms with Crippen LogP contribution in [0.3, 0.4) is 0 Å². The Morgan fingerprint density at radius 1 is 1.50 bits per heavy atom. The molecule has 0 aromatic carbocycles. The van der Waals surface area contributed by atoms with Crippen LogP contribution in [0.4, 0.5) is 0 Å². The van der Waals surface area contributed by atoms with E-state index in [0.29, 0.717) is 0 Å². The minimum atomic E-state index is -2.90. The van der Waals surface area contributed by atoms with Gasteiger partial charge in [0.1, 0.15) is 18.3 Å². The molecule has 22 heavy (non-hydrogen) atoms. The molecule has 7 N–H and O–H groups in total. The van der Waals surface area contributed by atoms with E-state index < -0.39 is 62.6 Å². The first-order valence-electron chi connectivity index (χ1n) is 6.50. The van der Waals surface area contributed by atoms with Gasteiger partial charge in [0.15, 0.2) is 7.37 Å². The quantitative estimate of drug-likeness (QED) is 0.282. The summed E-state index contributed by atoms with van der Waals surface area (Å²) >= 11 is 0. The summed E-state index contributed by atoms with van der Waals surface area (Å²) in [6, 6.07) is -1.24. The number of carboxylic acids is 1. The maximum Gasteiger partial charge on any atom is 0.364 e. The highest BCUT2D eigenvalue weighted by molar-refractivity contribution is 7.57. The zero-order valence-corrected chi connectivity index (χ0v) is 13.1. The second-order valence-electron chi connectivity index (χ2n) is 5.63. The number of ether oxygens (including phenoxy) is 1. The molecule has 0 bridgehead atoms. The molecule has 1 rings (SSSR count). The van der Waals surface area contributed by atoms with Crippen LogP contribution in [0.15, 0.2) is 0 Å². The van der Waals surface area contributed by atoms with Crippen molar-refractivity contribution in [1.29, 1.82) is 0 Å². The second-order valence-corrected chi connectivity index (χ2v) is 8.39. The number of carbonyl (C=O) groups is 1. The largest absolute Gasteiger partial charge is 0.477 e. The topological polar surface area (TPSA) is 180 Å².